The second-order valence-electron chi connectivity index (χ2n) is 7.61. The van der Waals surface area contributed by atoms with E-state index in [9.17, 15) is 5.11 Å². The van der Waals surface area contributed by atoms with Gasteiger partial charge < -0.3 is 5.11 Å². The molecule has 27 heavy (non-hydrogen) atoms. The number of piperidine rings is 1. The number of benzene rings is 1. The molecule has 0 saturated carbocycles. The lowest BCUT2D eigenvalue weighted by molar-refractivity contribution is 0.149. The van der Waals surface area contributed by atoms with E-state index in [0.717, 1.165) is 41.6 Å². The molecule has 1 N–H and O–H groups in total. The molecule has 1 aliphatic heterocycles. The van der Waals surface area contributed by atoms with Gasteiger partial charge in [-0.25, -0.2) is 4.98 Å². The summed E-state index contributed by atoms with van der Waals surface area (Å²) in [5, 5.41) is 15.4. The van der Waals surface area contributed by atoms with Crippen molar-refractivity contribution in [3.05, 3.63) is 46.1 Å². The summed E-state index contributed by atoms with van der Waals surface area (Å²) < 4.78 is 1.61. The lowest BCUT2D eigenvalue weighted by Gasteiger charge is -2.37. The molecule has 2 aromatic heterocycles. The average Bonchev–Trinajstić information content (AvgIpc) is 3.22. The van der Waals surface area contributed by atoms with Crippen molar-refractivity contribution < 1.29 is 5.11 Å². The van der Waals surface area contributed by atoms with Gasteiger partial charge in [-0.1, -0.05) is 56.4 Å². The van der Waals surface area contributed by atoms with Gasteiger partial charge in [0.15, 0.2) is 5.82 Å². The summed E-state index contributed by atoms with van der Waals surface area (Å²) in [4.78, 5) is 8.81. The standard InChI is InChI=1S/C21H28N4OS/c1-4-15-8-10-16(11-9-15)18(24-12-6-7-14(3)13-24)19-20(26)25-21(27-19)22-17(5-2)23-25/h8-11,14,18,26H,4-7,12-13H2,1-3H3. The smallest absolute Gasteiger partial charge is 0.230 e. The van der Waals surface area contributed by atoms with Gasteiger partial charge in [0, 0.05) is 13.0 Å². The Bertz CT molecular complexity index is 914. The van der Waals surface area contributed by atoms with Crippen LogP contribution in [0, 0.1) is 5.92 Å². The van der Waals surface area contributed by atoms with Crippen molar-refractivity contribution in [1.29, 1.82) is 0 Å². The van der Waals surface area contributed by atoms with Crippen LogP contribution in [0.2, 0.25) is 0 Å². The van der Waals surface area contributed by atoms with Gasteiger partial charge in [-0.2, -0.15) is 4.52 Å². The zero-order valence-corrected chi connectivity index (χ0v) is 17.2. The molecule has 4 rings (SSSR count). The summed E-state index contributed by atoms with van der Waals surface area (Å²) in [6.45, 7) is 8.63. The molecule has 1 aromatic carbocycles. The van der Waals surface area contributed by atoms with Gasteiger partial charge in [0.2, 0.25) is 10.8 Å². The quantitative estimate of drug-likeness (QED) is 0.706. The summed E-state index contributed by atoms with van der Waals surface area (Å²) in [7, 11) is 0. The molecule has 0 spiro atoms. The zero-order chi connectivity index (χ0) is 19.0. The minimum Gasteiger partial charge on any atom is -0.492 e. The van der Waals surface area contributed by atoms with Crippen LogP contribution in [0.5, 0.6) is 5.88 Å². The van der Waals surface area contributed by atoms with Gasteiger partial charge in [-0.05, 0) is 42.9 Å². The van der Waals surface area contributed by atoms with Gasteiger partial charge in [-0.3, -0.25) is 4.90 Å². The van der Waals surface area contributed by atoms with E-state index in [-0.39, 0.29) is 11.9 Å². The van der Waals surface area contributed by atoms with Gasteiger partial charge in [-0.15, -0.1) is 5.10 Å². The second kappa shape index (κ2) is 7.60. The minimum absolute atomic E-state index is 0.0530. The summed E-state index contributed by atoms with van der Waals surface area (Å²) in [5.41, 5.74) is 2.57. The minimum atomic E-state index is 0.0530. The van der Waals surface area contributed by atoms with E-state index < -0.39 is 0 Å². The molecule has 3 heterocycles. The summed E-state index contributed by atoms with van der Waals surface area (Å²) >= 11 is 1.57. The monoisotopic (exact) mass is 384 g/mol. The molecule has 1 aliphatic rings. The number of rotatable bonds is 5. The molecule has 6 heteroatoms. The predicted octanol–water partition coefficient (Wildman–Crippen LogP) is 4.44. The highest BCUT2D eigenvalue weighted by atomic mass is 32.1. The number of hydrogen-bond acceptors (Lipinski definition) is 5. The summed E-state index contributed by atoms with van der Waals surface area (Å²) in [5.74, 6) is 1.69. The molecule has 0 amide bonds. The molecule has 1 saturated heterocycles. The first kappa shape index (κ1) is 18.4. The van der Waals surface area contributed by atoms with Crippen LogP contribution in [0.4, 0.5) is 0 Å². The van der Waals surface area contributed by atoms with Crippen LogP contribution in [0.15, 0.2) is 24.3 Å². The molecule has 3 aromatic rings. The highest BCUT2D eigenvalue weighted by Gasteiger charge is 2.31. The Labute approximate surface area is 164 Å². The largest absolute Gasteiger partial charge is 0.492 e. The van der Waals surface area contributed by atoms with E-state index in [2.05, 4.69) is 53.1 Å². The fourth-order valence-corrected chi connectivity index (χ4v) is 5.18. The molecule has 0 aliphatic carbocycles. The molecule has 2 atom stereocenters. The molecule has 2 unspecified atom stereocenters. The lowest BCUT2D eigenvalue weighted by atomic mass is 9.95. The number of likely N-dealkylation sites (tertiary alicyclic amines) is 1. The Balaban J connectivity index is 1.79. The van der Waals surface area contributed by atoms with Crippen LogP contribution in [-0.2, 0) is 12.8 Å². The van der Waals surface area contributed by atoms with Crippen molar-refractivity contribution in [2.75, 3.05) is 13.1 Å². The second-order valence-corrected chi connectivity index (χ2v) is 8.61. The van der Waals surface area contributed by atoms with Crippen LogP contribution in [-0.4, -0.2) is 37.7 Å². The third kappa shape index (κ3) is 3.48. The maximum absolute atomic E-state index is 11.0. The average molecular weight is 385 g/mol. The third-order valence-electron chi connectivity index (χ3n) is 5.57. The molecule has 1 fully saturated rings. The van der Waals surface area contributed by atoms with Crippen molar-refractivity contribution in [1.82, 2.24) is 19.5 Å². The number of hydrogen-bond donors (Lipinski definition) is 1. The van der Waals surface area contributed by atoms with E-state index in [0.29, 0.717) is 5.92 Å². The van der Waals surface area contributed by atoms with Crippen molar-refractivity contribution >= 4 is 16.3 Å². The third-order valence-corrected chi connectivity index (χ3v) is 6.64. The summed E-state index contributed by atoms with van der Waals surface area (Å²) in [6, 6.07) is 8.90. The SMILES string of the molecule is CCc1ccc(C(c2sc3nc(CC)nn3c2O)N2CCCC(C)C2)cc1. The van der Waals surface area contributed by atoms with Crippen LogP contribution in [0.1, 0.15) is 61.5 Å². The maximum atomic E-state index is 11.0. The predicted molar refractivity (Wildman–Crippen MR) is 110 cm³/mol. The normalized spacial score (nSPS) is 19.6. The Morgan fingerprint density at radius 3 is 2.63 bits per heavy atom. The molecule has 0 bridgehead atoms. The first-order chi connectivity index (χ1) is 13.1. The zero-order valence-electron chi connectivity index (χ0n) is 16.4. The van der Waals surface area contributed by atoms with Gasteiger partial charge in [0.25, 0.3) is 0 Å². The number of aryl methyl sites for hydroxylation is 2. The van der Waals surface area contributed by atoms with Crippen molar-refractivity contribution in [3.8, 4) is 5.88 Å². The molecular formula is C21H28N4OS. The lowest BCUT2D eigenvalue weighted by Crippen LogP contribution is -2.37. The molecule has 144 valence electrons. The van der Waals surface area contributed by atoms with Crippen LogP contribution in [0.3, 0.4) is 0 Å². The number of aromatic nitrogens is 3. The van der Waals surface area contributed by atoms with Gasteiger partial charge >= 0.3 is 0 Å². The molecular weight excluding hydrogens is 356 g/mol. The summed E-state index contributed by atoms with van der Waals surface area (Å²) in [6.07, 6.45) is 4.29. The number of thiazole rings is 1. The fourth-order valence-electron chi connectivity index (χ4n) is 4.04. The van der Waals surface area contributed by atoms with Crippen LogP contribution < -0.4 is 0 Å². The topological polar surface area (TPSA) is 53.7 Å². The van der Waals surface area contributed by atoms with Crippen LogP contribution >= 0.6 is 11.3 Å². The van der Waals surface area contributed by atoms with Gasteiger partial charge in [0.05, 0.1) is 10.9 Å². The fraction of sp³-hybridized carbons (Fsp3) is 0.524. The van der Waals surface area contributed by atoms with Crippen molar-refractivity contribution in [3.63, 3.8) is 0 Å². The molecule has 0 radical (unpaired) electrons. The first-order valence-corrected chi connectivity index (χ1v) is 10.8. The Kier molecular flexibility index (Phi) is 5.19. The number of fused-ring (bicyclic) bond motifs is 1. The van der Waals surface area contributed by atoms with E-state index in [4.69, 9.17) is 0 Å². The van der Waals surface area contributed by atoms with E-state index in [1.807, 2.05) is 6.92 Å². The Hall–Kier alpha value is -1.92. The highest BCUT2D eigenvalue weighted by Crippen LogP contribution is 2.41. The van der Waals surface area contributed by atoms with E-state index in [1.54, 1.807) is 15.9 Å². The Morgan fingerprint density at radius 2 is 2.00 bits per heavy atom. The maximum Gasteiger partial charge on any atom is 0.230 e. The number of aromatic hydroxyl groups is 1. The molecule has 5 nitrogen and oxygen atoms in total. The van der Waals surface area contributed by atoms with E-state index >= 15 is 0 Å². The van der Waals surface area contributed by atoms with Gasteiger partial charge in [0.1, 0.15) is 0 Å². The highest BCUT2D eigenvalue weighted by molar-refractivity contribution is 7.17. The number of nitrogens with zero attached hydrogens (tertiary/aromatic N) is 4. The van der Waals surface area contributed by atoms with Crippen molar-refractivity contribution in [2.24, 2.45) is 5.92 Å². The van der Waals surface area contributed by atoms with Crippen molar-refractivity contribution in [2.45, 2.75) is 52.5 Å². The van der Waals surface area contributed by atoms with E-state index in [1.165, 1.54) is 24.0 Å². The first-order valence-electron chi connectivity index (χ1n) is 10.0. The van der Waals surface area contributed by atoms with Crippen LogP contribution in [0.25, 0.3) is 4.96 Å². The Morgan fingerprint density at radius 1 is 1.22 bits per heavy atom.